The normalized spacial score (nSPS) is 24.8. The molecular weight excluding hydrogens is 224 g/mol. The molecule has 0 saturated carbocycles. The van der Waals surface area contributed by atoms with Crippen LogP contribution in [0.2, 0.25) is 0 Å². The van der Waals surface area contributed by atoms with Crippen LogP contribution >= 0.6 is 0 Å². The minimum atomic E-state index is 0.126. The second-order valence-corrected chi connectivity index (χ2v) is 5.28. The van der Waals surface area contributed by atoms with Crippen LogP contribution in [0, 0.1) is 11.8 Å². The molecule has 1 saturated heterocycles. The molecule has 0 bridgehead atoms. The highest BCUT2D eigenvalue weighted by molar-refractivity contribution is 5.80. The standard InChI is InChI=1S/C15H22N2O/c1-11-9-16-10-14(11)15(18)17(3)12(2)13-7-5-4-6-8-13/h4-8,11-12,14,16H,9-10H2,1-3H3/t11-,12?,14-/m1/s1. The van der Waals surface area contributed by atoms with Gasteiger partial charge in [0.2, 0.25) is 5.91 Å². The van der Waals surface area contributed by atoms with Gasteiger partial charge in [-0.1, -0.05) is 37.3 Å². The molecule has 3 heteroatoms. The molecule has 1 fully saturated rings. The van der Waals surface area contributed by atoms with Gasteiger partial charge in [0.25, 0.3) is 0 Å². The molecular formula is C15H22N2O. The Kier molecular flexibility index (Phi) is 4.02. The highest BCUT2D eigenvalue weighted by Gasteiger charge is 2.33. The Morgan fingerprint density at radius 1 is 1.33 bits per heavy atom. The predicted octanol–water partition coefficient (Wildman–Crippen LogP) is 2.06. The van der Waals surface area contributed by atoms with E-state index in [0.717, 1.165) is 13.1 Å². The number of hydrogen-bond donors (Lipinski definition) is 1. The van der Waals surface area contributed by atoms with E-state index in [1.807, 2.05) is 30.1 Å². The Bertz CT molecular complexity index is 404. The lowest BCUT2D eigenvalue weighted by molar-refractivity contribution is -0.136. The van der Waals surface area contributed by atoms with E-state index in [2.05, 4.69) is 31.3 Å². The van der Waals surface area contributed by atoms with E-state index < -0.39 is 0 Å². The SMILES string of the molecule is CC(c1ccccc1)N(C)C(=O)[C@@H]1CNC[C@H]1C. The lowest BCUT2D eigenvalue weighted by atomic mass is 9.95. The molecule has 1 unspecified atom stereocenters. The van der Waals surface area contributed by atoms with E-state index in [4.69, 9.17) is 0 Å². The van der Waals surface area contributed by atoms with Crippen molar-refractivity contribution in [3.05, 3.63) is 35.9 Å². The van der Waals surface area contributed by atoms with Gasteiger partial charge in [-0.15, -0.1) is 0 Å². The number of nitrogens with one attached hydrogen (secondary N) is 1. The molecule has 98 valence electrons. The van der Waals surface area contributed by atoms with E-state index in [1.165, 1.54) is 5.56 Å². The summed E-state index contributed by atoms with van der Waals surface area (Å²) in [4.78, 5) is 14.3. The molecule has 1 amide bonds. The van der Waals surface area contributed by atoms with Gasteiger partial charge < -0.3 is 10.2 Å². The van der Waals surface area contributed by atoms with Crippen LogP contribution in [0.15, 0.2) is 30.3 Å². The molecule has 1 aromatic carbocycles. The van der Waals surface area contributed by atoms with Crippen LogP contribution in [0.25, 0.3) is 0 Å². The number of nitrogens with zero attached hydrogens (tertiary/aromatic N) is 1. The van der Waals surface area contributed by atoms with Crippen LogP contribution in [0.1, 0.15) is 25.5 Å². The second kappa shape index (κ2) is 5.53. The number of rotatable bonds is 3. The van der Waals surface area contributed by atoms with Crippen LogP contribution in [0.4, 0.5) is 0 Å². The zero-order valence-corrected chi connectivity index (χ0v) is 11.4. The zero-order chi connectivity index (χ0) is 13.1. The molecule has 3 nitrogen and oxygen atoms in total. The van der Waals surface area contributed by atoms with Crippen LogP contribution in [-0.4, -0.2) is 30.9 Å². The lowest BCUT2D eigenvalue weighted by Crippen LogP contribution is -2.37. The maximum absolute atomic E-state index is 12.5. The highest BCUT2D eigenvalue weighted by Crippen LogP contribution is 2.24. The summed E-state index contributed by atoms with van der Waals surface area (Å²) in [6.07, 6.45) is 0. The fraction of sp³-hybridized carbons (Fsp3) is 0.533. The van der Waals surface area contributed by atoms with Gasteiger partial charge in [0.1, 0.15) is 0 Å². The van der Waals surface area contributed by atoms with E-state index in [-0.39, 0.29) is 17.9 Å². The Balaban J connectivity index is 2.07. The summed E-state index contributed by atoms with van der Waals surface area (Å²) in [5.74, 6) is 0.813. The summed E-state index contributed by atoms with van der Waals surface area (Å²) < 4.78 is 0. The molecule has 0 spiro atoms. The number of carbonyl (C=O) groups is 1. The van der Waals surface area contributed by atoms with Crippen molar-refractivity contribution in [2.45, 2.75) is 19.9 Å². The van der Waals surface area contributed by atoms with Gasteiger partial charge in [0.05, 0.1) is 12.0 Å². The van der Waals surface area contributed by atoms with Crippen LogP contribution in [0.3, 0.4) is 0 Å². The summed E-state index contributed by atoms with van der Waals surface area (Å²) in [5.41, 5.74) is 1.19. The quantitative estimate of drug-likeness (QED) is 0.885. The molecule has 0 aliphatic carbocycles. The molecule has 0 aromatic heterocycles. The number of benzene rings is 1. The number of carbonyl (C=O) groups excluding carboxylic acids is 1. The maximum Gasteiger partial charge on any atom is 0.227 e. The van der Waals surface area contributed by atoms with E-state index in [1.54, 1.807) is 0 Å². The van der Waals surface area contributed by atoms with Crippen LogP contribution < -0.4 is 5.32 Å². The van der Waals surface area contributed by atoms with Crippen molar-refractivity contribution in [3.63, 3.8) is 0 Å². The molecule has 18 heavy (non-hydrogen) atoms. The number of amides is 1. The zero-order valence-electron chi connectivity index (χ0n) is 11.4. The van der Waals surface area contributed by atoms with Gasteiger partial charge in [0, 0.05) is 13.6 Å². The van der Waals surface area contributed by atoms with Crippen LogP contribution in [-0.2, 0) is 4.79 Å². The fourth-order valence-electron chi connectivity index (χ4n) is 2.55. The van der Waals surface area contributed by atoms with Crippen molar-refractivity contribution >= 4 is 5.91 Å². The Morgan fingerprint density at radius 3 is 2.56 bits per heavy atom. The average molecular weight is 246 g/mol. The monoisotopic (exact) mass is 246 g/mol. The summed E-state index contributed by atoms with van der Waals surface area (Å²) in [6, 6.07) is 10.3. The lowest BCUT2D eigenvalue weighted by Gasteiger charge is -2.29. The summed E-state index contributed by atoms with van der Waals surface area (Å²) in [5, 5.41) is 3.29. The van der Waals surface area contributed by atoms with Crippen LogP contribution in [0.5, 0.6) is 0 Å². The summed E-state index contributed by atoms with van der Waals surface area (Å²) >= 11 is 0. The maximum atomic E-state index is 12.5. The third-order valence-corrected chi connectivity index (χ3v) is 4.05. The highest BCUT2D eigenvalue weighted by atomic mass is 16.2. The smallest absolute Gasteiger partial charge is 0.227 e. The average Bonchev–Trinajstić information content (AvgIpc) is 2.83. The molecule has 1 heterocycles. The Labute approximate surface area is 109 Å². The number of hydrogen-bond acceptors (Lipinski definition) is 2. The van der Waals surface area contributed by atoms with E-state index in [9.17, 15) is 4.79 Å². The minimum absolute atomic E-state index is 0.126. The molecule has 1 aliphatic rings. The van der Waals surface area contributed by atoms with Crippen molar-refractivity contribution in [2.75, 3.05) is 20.1 Å². The largest absolute Gasteiger partial charge is 0.339 e. The van der Waals surface area contributed by atoms with Gasteiger partial charge in [-0.05, 0) is 24.9 Å². The van der Waals surface area contributed by atoms with E-state index in [0.29, 0.717) is 5.92 Å². The third-order valence-electron chi connectivity index (χ3n) is 4.05. The van der Waals surface area contributed by atoms with Gasteiger partial charge >= 0.3 is 0 Å². The topological polar surface area (TPSA) is 32.3 Å². The summed E-state index contributed by atoms with van der Waals surface area (Å²) in [6.45, 7) is 5.99. The van der Waals surface area contributed by atoms with Gasteiger partial charge in [-0.3, -0.25) is 4.79 Å². The van der Waals surface area contributed by atoms with Gasteiger partial charge in [-0.2, -0.15) is 0 Å². The summed E-state index contributed by atoms with van der Waals surface area (Å²) in [7, 11) is 1.91. The molecule has 1 N–H and O–H groups in total. The molecule has 1 aliphatic heterocycles. The van der Waals surface area contributed by atoms with Crippen molar-refractivity contribution < 1.29 is 4.79 Å². The third kappa shape index (κ3) is 2.56. The van der Waals surface area contributed by atoms with Gasteiger partial charge in [0.15, 0.2) is 0 Å². The second-order valence-electron chi connectivity index (χ2n) is 5.28. The first kappa shape index (κ1) is 13.1. The van der Waals surface area contributed by atoms with Crippen molar-refractivity contribution in [1.82, 2.24) is 10.2 Å². The Morgan fingerprint density at radius 2 is 2.00 bits per heavy atom. The first-order chi connectivity index (χ1) is 8.61. The Hall–Kier alpha value is -1.35. The first-order valence-corrected chi connectivity index (χ1v) is 6.63. The van der Waals surface area contributed by atoms with Crippen molar-refractivity contribution in [3.8, 4) is 0 Å². The minimum Gasteiger partial charge on any atom is -0.339 e. The molecule has 0 radical (unpaired) electrons. The molecule has 1 aromatic rings. The predicted molar refractivity (Wildman–Crippen MR) is 73.2 cm³/mol. The molecule has 2 rings (SSSR count). The first-order valence-electron chi connectivity index (χ1n) is 6.63. The van der Waals surface area contributed by atoms with Crippen molar-refractivity contribution in [1.29, 1.82) is 0 Å². The van der Waals surface area contributed by atoms with E-state index >= 15 is 0 Å². The molecule has 3 atom stereocenters. The van der Waals surface area contributed by atoms with Crippen molar-refractivity contribution in [2.24, 2.45) is 11.8 Å². The van der Waals surface area contributed by atoms with Gasteiger partial charge in [-0.25, -0.2) is 0 Å². The fourth-order valence-corrected chi connectivity index (χ4v) is 2.55.